The summed E-state index contributed by atoms with van der Waals surface area (Å²) in [5.41, 5.74) is 1.94. The summed E-state index contributed by atoms with van der Waals surface area (Å²) in [5, 5.41) is 3.19. The first-order valence-corrected chi connectivity index (χ1v) is 7.05. The molecule has 1 aliphatic rings. The molecule has 0 atom stereocenters. The first-order chi connectivity index (χ1) is 9.93. The van der Waals surface area contributed by atoms with Gasteiger partial charge in [-0.05, 0) is 17.5 Å². The van der Waals surface area contributed by atoms with Gasteiger partial charge in [0.25, 0.3) is 0 Å². The molecule has 0 unspecified atom stereocenters. The monoisotopic (exact) mass is 471 g/mol. The molecule has 0 spiro atoms. The summed E-state index contributed by atoms with van der Waals surface area (Å²) in [5.74, 6) is 0.889. The van der Waals surface area contributed by atoms with Gasteiger partial charge in [0.15, 0.2) is 0 Å². The van der Waals surface area contributed by atoms with Crippen LogP contribution < -0.4 is 9.80 Å². The van der Waals surface area contributed by atoms with Crippen LogP contribution in [0.4, 0.5) is 22.2 Å². The molecule has 4 rings (SSSR count). The third kappa shape index (κ3) is 2.46. The Morgan fingerprint density at radius 1 is 1.14 bits per heavy atom. The molecule has 6 heteroatoms. The topological polar surface area (TPSA) is 32.3 Å². The van der Waals surface area contributed by atoms with Crippen molar-refractivity contribution >= 4 is 33.5 Å². The van der Waals surface area contributed by atoms with Gasteiger partial charge in [-0.15, -0.1) is 23.7 Å². The molecule has 3 heterocycles. The summed E-state index contributed by atoms with van der Waals surface area (Å²) < 4.78 is 0. The van der Waals surface area contributed by atoms with Gasteiger partial charge in [0.05, 0.1) is 16.9 Å². The van der Waals surface area contributed by atoms with Crippen LogP contribution in [0.25, 0.3) is 0 Å². The zero-order chi connectivity index (χ0) is 13.4. The fourth-order valence-corrected chi connectivity index (χ4v) is 2.90. The number of fused-ring (bicyclic) bond motifs is 1. The molecular formula is C15H10IrN4S-2. The van der Waals surface area contributed by atoms with Crippen LogP contribution in [0.1, 0.15) is 0 Å². The Bertz CT molecular complexity index is 718. The molecular weight excluding hydrogens is 460 g/mol. The molecule has 0 fully saturated rings. The van der Waals surface area contributed by atoms with Crippen LogP contribution in [0.5, 0.6) is 0 Å². The van der Waals surface area contributed by atoms with Crippen LogP contribution in [0.2, 0.25) is 0 Å². The van der Waals surface area contributed by atoms with Gasteiger partial charge in [-0.25, -0.2) is 9.97 Å². The van der Waals surface area contributed by atoms with Crippen LogP contribution in [0, 0.1) is 12.7 Å². The second kappa shape index (κ2) is 5.93. The van der Waals surface area contributed by atoms with Crippen molar-refractivity contribution in [2.75, 3.05) is 9.80 Å². The molecule has 0 saturated heterocycles. The van der Waals surface area contributed by atoms with Gasteiger partial charge in [0, 0.05) is 20.1 Å². The van der Waals surface area contributed by atoms with Crippen molar-refractivity contribution < 1.29 is 20.1 Å². The fourth-order valence-electron chi connectivity index (χ4n) is 2.20. The maximum absolute atomic E-state index is 4.41. The van der Waals surface area contributed by atoms with Gasteiger partial charge < -0.3 is 9.80 Å². The Morgan fingerprint density at radius 2 is 2.10 bits per heavy atom. The Hall–Kier alpha value is -1.75. The van der Waals surface area contributed by atoms with Gasteiger partial charge in [-0.1, -0.05) is 0 Å². The normalized spacial score (nSPS) is 13.0. The standard InChI is InChI=1S/C15H10N4S.Ir/c1-2-5-12(6-3-1)18-11-19(14-7-4-8-20-14)15-13(18)9-16-10-17-15;/h1-5,7-11H;/q-2;. The van der Waals surface area contributed by atoms with Crippen LogP contribution in [-0.4, -0.2) is 9.97 Å². The molecule has 2 aromatic heterocycles. The number of para-hydroxylation sites is 1. The maximum atomic E-state index is 4.41. The van der Waals surface area contributed by atoms with E-state index in [9.17, 15) is 0 Å². The van der Waals surface area contributed by atoms with Crippen molar-refractivity contribution in [2.45, 2.75) is 0 Å². The van der Waals surface area contributed by atoms with Gasteiger partial charge in [-0.3, -0.25) is 0 Å². The number of thiophene rings is 1. The first-order valence-electron chi connectivity index (χ1n) is 6.17. The van der Waals surface area contributed by atoms with Crippen LogP contribution in [-0.2, 0) is 20.1 Å². The van der Waals surface area contributed by atoms with Crippen LogP contribution in [0.3, 0.4) is 0 Å². The van der Waals surface area contributed by atoms with E-state index in [0.29, 0.717) is 0 Å². The van der Waals surface area contributed by atoms with E-state index in [-0.39, 0.29) is 20.1 Å². The average molecular weight is 471 g/mol. The van der Waals surface area contributed by atoms with E-state index in [1.165, 1.54) is 0 Å². The van der Waals surface area contributed by atoms with Crippen LogP contribution >= 0.6 is 11.3 Å². The number of hydrogen-bond donors (Lipinski definition) is 0. The minimum absolute atomic E-state index is 0. The third-order valence-corrected chi connectivity index (χ3v) is 3.95. The van der Waals surface area contributed by atoms with Crippen molar-refractivity contribution in [1.82, 2.24) is 9.97 Å². The fraction of sp³-hybridized carbons (Fsp3) is 0. The van der Waals surface area contributed by atoms with E-state index in [0.717, 1.165) is 22.2 Å². The van der Waals surface area contributed by atoms with Crippen molar-refractivity contribution in [3.63, 3.8) is 0 Å². The first kappa shape index (κ1) is 14.2. The molecule has 1 aromatic carbocycles. The van der Waals surface area contributed by atoms with E-state index < -0.39 is 0 Å². The number of benzene rings is 1. The SMILES string of the molecule is [Ir].[c-]1ccccc1N1[CH-]N(c2cccs2)c2ncncc21. The number of hydrogen-bond acceptors (Lipinski definition) is 5. The van der Waals surface area contributed by atoms with E-state index in [2.05, 4.69) is 37.3 Å². The summed E-state index contributed by atoms with van der Waals surface area (Å²) in [6.45, 7) is 2.02. The summed E-state index contributed by atoms with van der Waals surface area (Å²) in [6.07, 6.45) is 3.40. The quantitative estimate of drug-likeness (QED) is 0.534. The van der Waals surface area contributed by atoms with E-state index >= 15 is 0 Å². The molecule has 3 aromatic rings. The Balaban J connectivity index is 0.00000132. The summed E-state index contributed by atoms with van der Waals surface area (Å²) in [7, 11) is 0. The summed E-state index contributed by atoms with van der Waals surface area (Å²) in [6, 6.07) is 15.2. The predicted octanol–water partition coefficient (Wildman–Crippen LogP) is 3.74. The van der Waals surface area contributed by atoms with Crippen molar-refractivity contribution in [3.8, 4) is 0 Å². The second-order valence-corrected chi connectivity index (χ2v) is 5.21. The van der Waals surface area contributed by atoms with E-state index in [1.54, 1.807) is 17.7 Å². The smallest absolute Gasteiger partial charge is 0.130 e. The molecule has 107 valence electrons. The van der Waals surface area contributed by atoms with Crippen LogP contribution in [0.15, 0.2) is 54.3 Å². The molecule has 0 saturated carbocycles. The largest absolute Gasteiger partial charge is 0.491 e. The van der Waals surface area contributed by atoms with Gasteiger partial charge in [0.1, 0.15) is 12.1 Å². The number of anilines is 4. The van der Waals surface area contributed by atoms with E-state index in [1.807, 2.05) is 43.2 Å². The average Bonchev–Trinajstić information content (AvgIpc) is 3.15. The minimum Gasteiger partial charge on any atom is -0.491 e. The molecule has 1 aliphatic heterocycles. The van der Waals surface area contributed by atoms with Crippen molar-refractivity contribution in [1.29, 1.82) is 0 Å². The van der Waals surface area contributed by atoms with Crippen molar-refractivity contribution in [2.24, 2.45) is 0 Å². The van der Waals surface area contributed by atoms with Gasteiger partial charge in [0.2, 0.25) is 0 Å². The Kier molecular flexibility index (Phi) is 4.01. The van der Waals surface area contributed by atoms with Gasteiger partial charge in [-0.2, -0.15) is 30.3 Å². The molecule has 0 bridgehead atoms. The summed E-state index contributed by atoms with van der Waals surface area (Å²) in [4.78, 5) is 12.7. The maximum Gasteiger partial charge on any atom is 0.130 e. The molecule has 0 amide bonds. The molecule has 1 radical (unpaired) electrons. The predicted molar refractivity (Wildman–Crippen MR) is 80.2 cm³/mol. The zero-order valence-corrected chi connectivity index (χ0v) is 14.0. The molecule has 21 heavy (non-hydrogen) atoms. The Morgan fingerprint density at radius 3 is 2.86 bits per heavy atom. The summed E-state index contributed by atoms with van der Waals surface area (Å²) >= 11 is 1.68. The number of aromatic nitrogens is 2. The van der Waals surface area contributed by atoms with Gasteiger partial charge >= 0.3 is 0 Å². The number of nitrogens with zero attached hydrogens (tertiary/aromatic N) is 4. The number of rotatable bonds is 2. The molecule has 0 N–H and O–H groups in total. The van der Waals surface area contributed by atoms with E-state index in [4.69, 9.17) is 0 Å². The zero-order valence-electron chi connectivity index (χ0n) is 10.8. The van der Waals surface area contributed by atoms with Crippen molar-refractivity contribution in [3.05, 3.63) is 67.0 Å². The molecule has 0 aliphatic carbocycles. The third-order valence-electron chi connectivity index (χ3n) is 3.09. The molecule has 4 nitrogen and oxygen atoms in total. The minimum atomic E-state index is 0. The second-order valence-electron chi connectivity index (χ2n) is 4.29. The Labute approximate surface area is 140 Å².